The maximum Gasteiger partial charge on any atom is 0.419 e. The normalized spacial score (nSPS) is 16.5. The number of alkyl halides is 3. The molecule has 2 aromatic rings. The Morgan fingerprint density at radius 2 is 1.86 bits per heavy atom. The fourth-order valence-corrected chi connectivity index (χ4v) is 3.12. The molecular formula is C20H19F3N4O2. The van der Waals surface area contributed by atoms with Crippen LogP contribution in [0.5, 0.6) is 0 Å². The number of anilines is 1. The van der Waals surface area contributed by atoms with Gasteiger partial charge in [-0.2, -0.15) is 13.2 Å². The minimum absolute atomic E-state index is 0.0850. The van der Waals surface area contributed by atoms with Gasteiger partial charge in [-0.25, -0.2) is 9.97 Å². The van der Waals surface area contributed by atoms with Crippen molar-refractivity contribution >= 4 is 17.5 Å². The summed E-state index contributed by atoms with van der Waals surface area (Å²) in [5.74, 6) is -0.0548. The van der Waals surface area contributed by atoms with E-state index < -0.39 is 11.7 Å². The van der Waals surface area contributed by atoms with Gasteiger partial charge in [-0.15, -0.1) is 0 Å². The zero-order valence-electron chi connectivity index (χ0n) is 15.4. The van der Waals surface area contributed by atoms with Crippen LogP contribution in [-0.2, 0) is 17.4 Å². The summed E-state index contributed by atoms with van der Waals surface area (Å²) in [6.45, 7) is 4.41. The summed E-state index contributed by atoms with van der Waals surface area (Å²) in [5, 5.41) is 2.61. The molecule has 29 heavy (non-hydrogen) atoms. The van der Waals surface area contributed by atoms with Crippen molar-refractivity contribution in [1.82, 2.24) is 14.9 Å². The maximum atomic E-state index is 12.7. The van der Waals surface area contributed by atoms with Gasteiger partial charge in [0.25, 0.3) is 5.91 Å². The van der Waals surface area contributed by atoms with Gasteiger partial charge in [-0.05, 0) is 42.7 Å². The second-order valence-corrected chi connectivity index (χ2v) is 6.77. The highest BCUT2D eigenvalue weighted by Crippen LogP contribution is 2.28. The van der Waals surface area contributed by atoms with E-state index in [0.717, 1.165) is 24.9 Å². The molecule has 2 amide bonds. The predicted molar refractivity (Wildman–Crippen MR) is 100 cm³/mol. The highest BCUT2D eigenvalue weighted by atomic mass is 19.4. The van der Waals surface area contributed by atoms with E-state index in [9.17, 15) is 22.8 Å². The highest BCUT2D eigenvalue weighted by molar-refractivity contribution is 5.99. The molecule has 3 rings (SSSR count). The molecule has 152 valence electrons. The zero-order valence-corrected chi connectivity index (χ0v) is 15.4. The standard InChI is InChI=1S/C20H19F3N4O2/c1-2-18(28)26-16-5-3-14(4-6-16)19(29)27-8-7-13(12-27)9-17-24-10-15(11-25-17)20(21,22)23/h2-6,10-11,13H,1,7-9,12H2,(H,26,28)/t13-/m0/s1. The first-order valence-corrected chi connectivity index (χ1v) is 8.97. The third kappa shape index (κ3) is 5.18. The van der Waals surface area contributed by atoms with E-state index in [0.29, 0.717) is 36.6 Å². The quantitative estimate of drug-likeness (QED) is 0.776. The molecule has 1 saturated heterocycles. The van der Waals surface area contributed by atoms with E-state index in [1.54, 1.807) is 29.2 Å². The van der Waals surface area contributed by atoms with Crippen molar-refractivity contribution in [3.8, 4) is 0 Å². The average molecular weight is 404 g/mol. The number of nitrogens with zero attached hydrogens (tertiary/aromatic N) is 3. The van der Waals surface area contributed by atoms with Gasteiger partial charge in [0.05, 0.1) is 5.56 Å². The summed E-state index contributed by atoms with van der Waals surface area (Å²) >= 11 is 0. The topological polar surface area (TPSA) is 75.2 Å². The van der Waals surface area contributed by atoms with E-state index in [-0.39, 0.29) is 17.7 Å². The lowest BCUT2D eigenvalue weighted by Crippen LogP contribution is -2.29. The number of hydrogen-bond donors (Lipinski definition) is 1. The number of hydrogen-bond acceptors (Lipinski definition) is 4. The number of carbonyl (C=O) groups is 2. The van der Waals surface area contributed by atoms with E-state index >= 15 is 0 Å². The third-order valence-corrected chi connectivity index (χ3v) is 4.66. The van der Waals surface area contributed by atoms with Crippen LogP contribution >= 0.6 is 0 Å². The Morgan fingerprint density at radius 3 is 2.45 bits per heavy atom. The van der Waals surface area contributed by atoms with Crippen molar-refractivity contribution in [2.24, 2.45) is 5.92 Å². The molecule has 0 saturated carbocycles. The molecule has 9 heteroatoms. The SMILES string of the molecule is C=CC(=O)Nc1ccc(C(=O)N2CC[C@@H](Cc3ncc(C(F)(F)F)cn3)C2)cc1. The van der Waals surface area contributed by atoms with Crippen LogP contribution in [0.2, 0.25) is 0 Å². The molecular weight excluding hydrogens is 385 g/mol. The Morgan fingerprint density at radius 1 is 1.21 bits per heavy atom. The van der Waals surface area contributed by atoms with Crippen LogP contribution in [0.25, 0.3) is 0 Å². The molecule has 0 aliphatic carbocycles. The number of benzene rings is 1. The number of carbonyl (C=O) groups excluding carboxylic acids is 2. The molecule has 1 atom stereocenters. The van der Waals surface area contributed by atoms with E-state index in [1.165, 1.54) is 0 Å². The molecule has 1 aliphatic heterocycles. The first-order valence-electron chi connectivity index (χ1n) is 8.97. The first kappa shape index (κ1) is 20.5. The number of likely N-dealkylation sites (tertiary alicyclic amines) is 1. The Balaban J connectivity index is 1.56. The Kier molecular flexibility index (Phi) is 5.95. The molecule has 1 aliphatic rings. The Hall–Kier alpha value is -3.23. The lowest BCUT2D eigenvalue weighted by atomic mass is 10.0. The molecule has 2 heterocycles. The third-order valence-electron chi connectivity index (χ3n) is 4.66. The van der Waals surface area contributed by atoms with Gasteiger partial charge in [0.2, 0.25) is 5.91 Å². The van der Waals surface area contributed by atoms with Gasteiger partial charge in [-0.3, -0.25) is 9.59 Å². The molecule has 1 N–H and O–H groups in total. The van der Waals surface area contributed by atoms with Gasteiger partial charge in [-0.1, -0.05) is 6.58 Å². The fraction of sp³-hybridized carbons (Fsp3) is 0.300. The lowest BCUT2D eigenvalue weighted by molar-refractivity contribution is -0.138. The van der Waals surface area contributed by atoms with Crippen LogP contribution in [0.3, 0.4) is 0 Å². The van der Waals surface area contributed by atoms with Crippen molar-refractivity contribution in [3.05, 3.63) is 66.3 Å². The summed E-state index contributed by atoms with van der Waals surface area (Å²) in [6, 6.07) is 6.54. The molecule has 0 radical (unpaired) electrons. The lowest BCUT2D eigenvalue weighted by Gasteiger charge is -2.17. The second-order valence-electron chi connectivity index (χ2n) is 6.77. The number of amides is 2. The molecule has 6 nitrogen and oxygen atoms in total. The minimum Gasteiger partial charge on any atom is -0.338 e. The van der Waals surface area contributed by atoms with Crippen LogP contribution < -0.4 is 5.32 Å². The largest absolute Gasteiger partial charge is 0.419 e. The minimum atomic E-state index is -4.46. The van der Waals surface area contributed by atoms with E-state index in [1.807, 2.05) is 0 Å². The van der Waals surface area contributed by atoms with E-state index in [4.69, 9.17) is 0 Å². The highest BCUT2D eigenvalue weighted by Gasteiger charge is 2.32. The molecule has 1 fully saturated rings. The molecule has 0 spiro atoms. The first-order chi connectivity index (χ1) is 13.8. The molecule has 0 unspecified atom stereocenters. The van der Waals surface area contributed by atoms with Crippen LogP contribution in [0.15, 0.2) is 49.3 Å². The van der Waals surface area contributed by atoms with Crippen molar-refractivity contribution in [1.29, 1.82) is 0 Å². The number of rotatable bonds is 5. The average Bonchev–Trinajstić information content (AvgIpc) is 3.16. The van der Waals surface area contributed by atoms with E-state index in [2.05, 4.69) is 21.9 Å². The van der Waals surface area contributed by atoms with Gasteiger partial charge in [0.15, 0.2) is 0 Å². The van der Waals surface area contributed by atoms with Crippen LogP contribution in [0, 0.1) is 5.92 Å². The second kappa shape index (κ2) is 8.42. The number of nitrogens with one attached hydrogen (secondary N) is 1. The smallest absolute Gasteiger partial charge is 0.338 e. The monoisotopic (exact) mass is 404 g/mol. The van der Waals surface area contributed by atoms with Crippen molar-refractivity contribution in [3.63, 3.8) is 0 Å². The van der Waals surface area contributed by atoms with Crippen molar-refractivity contribution in [2.45, 2.75) is 19.0 Å². The Labute approximate surface area is 165 Å². The molecule has 1 aromatic heterocycles. The molecule has 0 bridgehead atoms. The summed E-state index contributed by atoms with van der Waals surface area (Å²) in [6.07, 6.45) is -0.596. The summed E-state index contributed by atoms with van der Waals surface area (Å²) in [4.78, 5) is 33.3. The van der Waals surface area contributed by atoms with Crippen LogP contribution in [-0.4, -0.2) is 39.8 Å². The summed E-state index contributed by atoms with van der Waals surface area (Å²) in [5.41, 5.74) is 0.176. The predicted octanol–water partition coefficient (Wildman–Crippen LogP) is 3.32. The molecule has 1 aromatic carbocycles. The summed E-state index contributed by atoms with van der Waals surface area (Å²) in [7, 11) is 0. The van der Waals surface area contributed by atoms with Gasteiger partial charge in [0, 0.05) is 43.2 Å². The van der Waals surface area contributed by atoms with Gasteiger partial charge < -0.3 is 10.2 Å². The van der Waals surface area contributed by atoms with Crippen LogP contribution in [0.1, 0.15) is 28.2 Å². The maximum absolute atomic E-state index is 12.7. The summed E-state index contributed by atoms with van der Waals surface area (Å²) < 4.78 is 37.7. The van der Waals surface area contributed by atoms with Crippen LogP contribution in [0.4, 0.5) is 18.9 Å². The Bertz CT molecular complexity index is 895. The number of aromatic nitrogens is 2. The van der Waals surface area contributed by atoms with Gasteiger partial charge >= 0.3 is 6.18 Å². The number of halogens is 3. The van der Waals surface area contributed by atoms with Crippen molar-refractivity contribution in [2.75, 3.05) is 18.4 Å². The zero-order chi connectivity index (χ0) is 21.0. The van der Waals surface area contributed by atoms with Gasteiger partial charge in [0.1, 0.15) is 5.82 Å². The fourth-order valence-electron chi connectivity index (χ4n) is 3.12. The van der Waals surface area contributed by atoms with Crippen molar-refractivity contribution < 1.29 is 22.8 Å².